The van der Waals surface area contributed by atoms with Gasteiger partial charge in [-0.3, -0.25) is 9.59 Å². The summed E-state index contributed by atoms with van der Waals surface area (Å²) in [7, 11) is -3.73. The van der Waals surface area contributed by atoms with Gasteiger partial charge in [0.2, 0.25) is 15.9 Å². The molecule has 0 saturated heterocycles. The van der Waals surface area contributed by atoms with Gasteiger partial charge in [0, 0.05) is 25.4 Å². The molecule has 33 heavy (non-hydrogen) atoms. The first kappa shape index (κ1) is 24.4. The molecule has 0 aliphatic heterocycles. The van der Waals surface area contributed by atoms with E-state index in [2.05, 4.69) is 5.32 Å². The van der Waals surface area contributed by atoms with Gasteiger partial charge in [-0.2, -0.15) is 4.31 Å². The van der Waals surface area contributed by atoms with Crippen LogP contribution in [0.25, 0.3) is 11.1 Å². The Hall–Kier alpha value is -3.23. The van der Waals surface area contributed by atoms with Gasteiger partial charge in [-0.15, -0.1) is 0 Å². The number of rotatable bonds is 9. The first-order valence-electron chi connectivity index (χ1n) is 10.9. The third-order valence-electron chi connectivity index (χ3n) is 5.51. The lowest BCUT2D eigenvalue weighted by atomic mass is 10.0. The molecule has 7 nitrogen and oxygen atoms in total. The molecule has 174 valence electrons. The Balaban J connectivity index is 1.71. The molecular weight excluding hydrogens is 438 g/mol. The SMILES string of the molecule is CCN(CC)S(=O)(=O)c1ccc(=O)n(CC(=O)N[C@@H](C)c2ccc(-c3ccccc3)cc2)c1. The number of carbonyl (C=O) groups is 1. The Labute approximate surface area is 194 Å². The van der Waals surface area contributed by atoms with Gasteiger partial charge in [-0.25, -0.2) is 8.42 Å². The van der Waals surface area contributed by atoms with E-state index < -0.39 is 15.6 Å². The van der Waals surface area contributed by atoms with Crippen LogP contribution in [-0.4, -0.2) is 36.3 Å². The second-order valence-electron chi connectivity index (χ2n) is 7.70. The lowest BCUT2D eigenvalue weighted by Crippen LogP contribution is -2.35. The van der Waals surface area contributed by atoms with E-state index in [0.717, 1.165) is 21.3 Å². The van der Waals surface area contributed by atoms with Gasteiger partial charge in [0.05, 0.1) is 10.9 Å². The first-order valence-corrected chi connectivity index (χ1v) is 12.4. The zero-order valence-electron chi connectivity index (χ0n) is 19.1. The van der Waals surface area contributed by atoms with E-state index in [-0.39, 0.29) is 23.4 Å². The lowest BCUT2D eigenvalue weighted by Gasteiger charge is -2.19. The summed E-state index contributed by atoms with van der Waals surface area (Å²) in [6, 6.07) is 20.1. The van der Waals surface area contributed by atoms with Crippen LogP contribution in [-0.2, 0) is 21.4 Å². The quantitative estimate of drug-likeness (QED) is 0.522. The van der Waals surface area contributed by atoms with Gasteiger partial charge in [-0.05, 0) is 29.7 Å². The summed E-state index contributed by atoms with van der Waals surface area (Å²) in [6.45, 7) is 5.72. The van der Waals surface area contributed by atoms with Gasteiger partial charge in [0.15, 0.2) is 0 Å². The fourth-order valence-corrected chi connectivity index (χ4v) is 5.10. The molecule has 0 fully saturated rings. The molecule has 1 heterocycles. The molecule has 1 amide bonds. The zero-order chi connectivity index (χ0) is 24.0. The molecular formula is C25H29N3O4S. The van der Waals surface area contributed by atoms with Crippen molar-refractivity contribution in [1.82, 2.24) is 14.2 Å². The van der Waals surface area contributed by atoms with E-state index in [0.29, 0.717) is 13.1 Å². The average Bonchev–Trinajstić information content (AvgIpc) is 2.81. The highest BCUT2D eigenvalue weighted by molar-refractivity contribution is 7.89. The predicted molar refractivity (Wildman–Crippen MR) is 129 cm³/mol. The molecule has 1 N–H and O–H groups in total. The number of hydrogen-bond donors (Lipinski definition) is 1. The number of carbonyl (C=O) groups excluding carboxylic acids is 1. The highest BCUT2D eigenvalue weighted by Gasteiger charge is 2.22. The summed E-state index contributed by atoms with van der Waals surface area (Å²) in [5.74, 6) is -0.380. The van der Waals surface area contributed by atoms with Crippen molar-refractivity contribution in [2.75, 3.05) is 13.1 Å². The van der Waals surface area contributed by atoms with Crippen LogP contribution < -0.4 is 10.9 Å². The highest BCUT2D eigenvalue weighted by Crippen LogP contribution is 2.21. The van der Waals surface area contributed by atoms with Crippen LogP contribution in [0.3, 0.4) is 0 Å². The van der Waals surface area contributed by atoms with Crippen molar-refractivity contribution in [1.29, 1.82) is 0 Å². The van der Waals surface area contributed by atoms with E-state index in [1.807, 2.05) is 61.5 Å². The van der Waals surface area contributed by atoms with E-state index in [1.54, 1.807) is 13.8 Å². The second kappa shape index (κ2) is 10.6. The molecule has 0 spiro atoms. The van der Waals surface area contributed by atoms with Crippen molar-refractivity contribution in [3.8, 4) is 11.1 Å². The first-order chi connectivity index (χ1) is 15.8. The maximum atomic E-state index is 12.7. The van der Waals surface area contributed by atoms with Gasteiger partial charge in [0.1, 0.15) is 6.54 Å². The molecule has 3 rings (SSSR count). The van der Waals surface area contributed by atoms with Crippen molar-refractivity contribution < 1.29 is 13.2 Å². The number of sulfonamides is 1. The predicted octanol–water partition coefficient (Wildman–Crippen LogP) is 3.42. The Bertz CT molecular complexity index is 1250. The van der Waals surface area contributed by atoms with Crippen LogP contribution in [0.15, 0.2) is 82.6 Å². The fourth-order valence-electron chi connectivity index (χ4n) is 3.62. The van der Waals surface area contributed by atoms with Crippen LogP contribution in [0.4, 0.5) is 0 Å². The normalized spacial score (nSPS) is 12.5. The standard InChI is InChI=1S/C25H29N3O4S/c1-4-28(5-2)33(31,32)23-15-16-25(30)27(17-23)18-24(29)26-19(3)20-11-13-22(14-12-20)21-9-7-6-8-10-21/h6-17,19H,4-5,18H2,1-3H3,(H,26,29)/t19-/m0/s1. The molecule has 0 bridgehead atoms. The third-order valence-corrected chi connectivity index (χ3v) is 7.54. The maximum Gasteiger partial charge on any atom is 0.251 e. The molecule has 0 unspecified atom stereocenters. The van der Waals surface area contributed by atoms with Crippen LogP contribution in [0.1, 0.15) is 32.4 Å². The lowest BCUT2D eigenvalue weighted by molar-refractivity contribution is -0.122. The minimum Gasteiger partial charge on any atom is -0.348 e. The maximum absolute atomic E-state index is 12.7. The van der Waals surface area contributed by atoms with E-state index in [9.17, 15) is 18.0 Å². The Morgan fingerprint density at radius 2 is 1.55 bits per heavy atom. The van der Waals surface area contributed by atoms with Crippen molar-refractivity contribution in [2.45, 2.75) is 38.3 Å². The Morgan fingerprint density at radius 1 is 0.939 bits per heavy atom. The van der Waals surface area contributed by atoms with E-state index >= 15 is 0 Å². The van der Waals surface area contributed by atoms with E-state index in [1.165, 1.54) is 22.6 Å². The zero-order valence-corrected chi connectivity index (χ0v) is 19.9. The molecule has 0 aliphatic rings. The third kappa shape index (κ3) is 5.77. The Kier molecular flexibility index (Phi) is 7.84. The molecule has 1 atom stereocenters. The molecule has 0 radical (unpaired) electrons. The molecule has 2 aromatic carbocycles. The summed E-state index contributed by atoms with van der Waals surface area (Å²) in [5.41, 5.74) is 2.67. The van der Waals surface area contributed by atoms with Crippen LogP contribution in [0, 0.1) is 0 Å². The number of benzene rings is 2. The topological polar surface area (TPSA) is 88.5 Å². The molecule has 1 aromatic heterocycles. The molecule has 0 saturated carbocycles. The number of hydrogen-bond acceptors (Lipinski definition) is 4. The minimum absolute atomic E-state index is 0.0110. The minimum atomic E-state index is -3.73. The largest absolute Gasteiger partial charge is 0.348 e. The van der Waals surface area contributed by atoms with Gasteiger partial charge in [-0.1, -0.05) is 68.4 Å². The van der Waals surface area contributed by atoms with E-state index in [4.69, 9.17) is 0 Å². The van der Waals surface area contributed by atoms with Crippen molar-refractivity contribution in [3.63, 3.8) is 0 Å². The second-order valence-corrected chi connectivity index (χ2v) is 9.64. The molecule has 0 aliphatic carbocycles. The number of aromatic nitrogens is 1. The summed E-state index contributed by atoms with van der Waals surface area (Å²) in [6.07, 6.45) is 1.23. The summed E-state index contributed by atoms with van der Waals surface area (Å²) < 4.78 is 27.9. The molecule has 8 heteroatoms. The summed E-state index contributed by atoms with van der Waals surface area (Å²) >= 11 is 0. The van der Waals surface area contributed by atoms with Crippen molar-refractivity contribution in [3.05, 3.63) is 88.8 Å². The summed E-state index contributed by atoms with van der Waals surface area (Å²) in [4.78, 5) is 24.8. The fraction of sp³-hybridized carbons (Fsp3) is 0.280. The molecule has 3 aromatic rings. The summed E-state index contributed by atoms with van der Waals surface area (Å²) in [5, 5.41) is 2.88. The smallest absolute Gasteiger partial charge is 0.251 e. The van der Waals surface area contributed by atoms with Crippen LogP contribution in [0.2, 0.25) is 0 Å². The number of nitrogens with one attached hydrogen (secondary N) is 1. The number of amides is 1. The van der Waals surface area contributed by atoms with Gasteiger partial charge >= 0.3 is 0 Å². The van der Waals surface area contributed by atoms with Crippen LogP contribution in [0.5, 0.6) is 0 Å². The van der Waals surface area contributed by atoms with Crippen LogP contribution >= 0.6 is 0 Å². The highest BCUT2D eigenvalue weighted by atomic mass is 32.2. The monoisotopic (exact) mass is 467 g/mol. The van der Waals surface area contributed by atoms with Gasteiger partial charge in [0.25, 0.3) is 5.56 Å². The van der Waals surface area contributed by atoms with Crippen molar-refractivity contribution >= 4 is 15.9 Å². The van der Waals surface area contributed by atoms with Crippen molar-refractivity contribution in [2.24, 2.45) is 0 Å². The Morgan fingerprint density at radius 3 is 2.15 bits per heavy atom. The number of pyridine rings is 1. The average molecular weight is 468 g/mol. The number of nitrogens with zero attached hydrogens (tertiary/aromatic N) is 2. The van der Waals surface area contributed by atoms with Gasteiger partial charge < -0.3 is 9.88 Å².